The van der Waals surface area contributed by atoms with Gasteiger partial charge in [0.2, 0.25) is 0 Å². The van der Waals surface area contributed by atoms with Crippen molar-refractivity contribution in [3.05, 3.63) is 34.4 Å². The van der Waals surface area contributed by atoms with E-state index >= 15 is 0 Å². The third kappa shape index (κ3) is 4.03. The number of carbonyl (C=O) groups is 2. The Morgan fingerprint density at radius 1 is 0.957 bits per heavy atom. The third-order valence-corrected chi connectivity index (χ3v) is 4.45. The largest absolute Gasteiger partial charge is 0.338 e. The number of piperazine rings is 1. The van der Waals surface area contributed by atoms with Gasteiger partial charge in [0.1, 0.15) is 0 Å². The average Bonchev–Trinajstić information content (AvgIpc) is 2.55. The number of carbonyl (C=O) groups excluding carboxylic acids is 2. The van der Waals surface area contributed by atoms with E-state index in [4.69, 9.17) is 0 Å². The van der Waals surface area contributed by atoms with E-state index in [1.165, 1.54) is 5.56 Å². The molecule has 1 saturated heterocycles. The number of nitrogens with zero attached hydrogens (tertiary/aromatic N) is 2. The Kier molecular flexibility index (Phi) is 5.64. The summed E-state index contributed by atoms with van der Waals surface area (Å²) in [5.41, 5.74) is 4.13. The second-order valence-electron chi connectivity index (χ2n) is 6.26. The van der Waals surface area contributed by atoms with Crippen molar-refractivity contribution in [3.8, 4) is 0 Å². The Balaban J connectivity index is 1.99. The molecular weight excluding hydrogens is 290 g/mol. The maximum Gasteiger partial charge on any atom is 0.317 e. The monoisotopic (exact) mass is 317 g/mol. The first kappa shape index (κ1) is 17.3. The highest BCUT2D eigenvalue weighted by molar-refractivity contribution is 5.96. The van der Waals surface area contributed by atoms with E-state index in [0.717, 1.165) is 23.1 Å². The van der Waals surface area contributed by atoms with Gasteiger partial charge in [-0.05, 0) is 49.9 Å². The van der Waals surface area contributed by atoms with Crippen molar-refractivity contribution in [2.45, 2.75) is 34.1 Å². The van der Waals surface area contributed by atoms with Gasteiger partial charge in [-0.25, -0.2) is 4.79 Å². The number of hydrogen-bond donors (Lipinski definition) is 1. The highest BCUT2D eigenvalue weighted by Crippen LogP contribution is 2.18. The molecule has 0 saturated carbocycles. The molecular formula is C18H27N3O2. The van der Waals surface area contributed by atoms with E-state index < -0.39 is 0 Å². The van der Waals surface area contributed by atoms with Crippen LogP contribution >= 0.6 is 0 Å². The SMILES string of the molecule is CCCNC(=O)N1CCN(C(=O)c2cc(C)c(C)cc2C)CC1. The van der Waals surface area contributed by atoms with Crippen molar-refractivity contribution in [2.24, 2.45) is 0 Å². The molecule has 1 aromatic carbocycles. The average molecular weight is 317 g/mol. The van der Waals surface area contributed by atoms with Gasteiger partial charge in [-0.15, -0.1) is 0 Å². The van der Waals surface area contributed by atoms with E-state index in [2.05, 4.69) is 18.3 Å². The molecule has 3 amide bonds. The molecule has 0 unspecified atom stereocenters. The van der Waals surface area contributed by atoms with Crippen molar-refractivity contribution in [2.75, 3.05) is 32.7 Å². The molecule has 1 N–H and O–H groups in total. The Morgan fingerprint density at radius 3 is 2.13 bits per heavy atom. The van der Waals surface area contributed by atoms with Crippen LogP contribution in [0.3, 0.4) is 0 Å². The highest BCUT2D eigenvalue weighted by atomic mass is 16.2. The van der Waals surface area contributed by atoms with Crippen LogP contribution in [0.25, 0.3) is 0 Å². The van der Waals surface area contributed by atoms with Crippen molar-refractivity contribution in [1.29, 1.82) is 0 Å². The zero-order valence-corrected chi connectivity index (χ0v) is 14.6. The Bertz CT molecular complexity index is 590. The molecule has 0 spiro atoms. The zero-order chi connectivity index (χ0) is 17.0. The second kappa shape index (κ2) is 7.49. The van der Waals surface area contributed by atoms with Crippen LogP contribution in [-0.4, -0.2) is 54.5 Å². The molecule has 0 bridgehead atoms. The lowest BCUT2D eigenvalue weighted by atomic mass is 10.00. The minimum absolute atomic E-state index is 0.0266. The lowest BCUT2D eigenvalue weighted by molar-refractivity contribution is 0.0664. The van der Waals surface area contributed by atoms with Crippen molar-refractivity contribution >= 4 is 11.9 Å². The molecule has 1 aromatic rings. The van der Waals surface area contributed by atoms with Crippen LogP contribution in [-0.2, 0) is 0 Å². The van der Waals surface area contributed by atoms with Gasteiger partial charge >= 0.3 is 6.03 Å². The van der Waals surface area contributed by atoms with Crippen molar-refractivity contribution < 1.29 is 9.59 Å². The summed E-state index contributed by atoms with van der Waals surface area (Å²) in [6, 6.07) is 4.02. The van der Waals surface area contributed by atoms with Crippen LogP contribution in [0.4, 0.5) is 4.79 Å². The first-order valence-electron chi connectivity index (χ1n) is 8.34. The predicted molar refractivity (Wildman–Crippen MR) is 91.8 cm³/mol. The van der Waals surface area contributed by atoms with Gasteiger partial charge in [0.25, 0.3) is 5.91 Å². The van der Waals surface area contributed by atoms with Gasteiger partial charge in [-0.1, -0.05) is 13.0 Å². The Morgan fingerprint density at radius 2 is 1.52 bits per heavy atom. The van der Waals surface area contributed by atoms with Crippen LogP contribution in [0.5, 0.6) is 0 Å². The molecule has 0 aliphatic carbocycles. The Hall–Kier alpha value is -2.04. The number of hydrogen-bond acceptors (Lipinski definition) is 2. The number of rotatable bonds is 3. The quantitative estimate of drug-likeness (QED) is 0.931. The fraction of sp³-hybridized carbons (Fsp3) is 0.556. The minimum atomic E-state index is -0.0266. The van der Waals surface area contributed by atoms with Gasteiger partial charge in [0.05, 0.1) is 0 Å². The minimum Gasteiger partial charge on any atom is -0.338 e. The normalized spacial score (nSPS) is 14.8. The van der Waals surface area contributed by atoms with Crippen molar-refractivity contribution in [3.63, 3.8) is 0 Å². The predicted octanol–water partition coefficient (Wildman–Crippen LogP) is 2.49. The summed E-state index contributed by atoms with van der Waals surface area (Å²) in [6.45, 7) is 11.1. The molecule has 1 aliphatic heterocycles. The molecule has 126 valence electrons. The number of nitrogens with one attached hydrogen (secondary N) is 1. The van der Waals surface area contributed by atoms with Gasteiger partial charge in [-0.2, -0.15) is 0 Å². The van der Waals surface area contributed by atoms with Crippen LogP contribution in [0.2, 0.25) is 0 Å². The molecule has 0 atom stereocenters. The Labute approximate surface area is 138 Å². The lowest BCUT2D eigenvalue weighted by Gasteiger charge is -2.35. The summed E-state index contributed by atoms with van der Waals surface area (Å²) >= 11 is 0. The summed E-state index contributed by atoms with van der Waals surface area (Å²) in [4.78, 5) is 28.3. The summed E-state index contributed by atoms with van der Waals surface area (Å²) in [6.07, 6.45) is 0.927. The summed E-state index contributed by atoms with van der Waals surface area (Å²) < 4.78 is 0. The first-order valence-corrected chi connectivity index (χ1v) is 8.34. The summed E-state index contributed by atoms with van der Waals surface area (Å²) in [5, 5.41) is 2.88. The van der Waals surface area contributed by atoms with E-state index in [-0.39, 0.29) is 11.9 Å². The zero-order valence-electron chi connectivity index (χ0n) is 14.6. The standard InChI is InChI=1S/C18H27N3O2/c1-5-6-19-18(23)21-9-7-20(8-10-21)17(22)16-12-14(3)13(2)11-15(16)4/h11-12H,5-10H2,1-4H3,(H,19,23). The van der Waals surface area contributed by atoms with E-state index in [1.807, 2.05) is 31.7 Å². The molecule has 1 heterocycles. The molecule has 1 fully saturated rings. The number of amides is 3. The van der Waals surface area contributed by atoms with Crippen LogP contribution in [0.1, 0.15) is 40.4 Å². The molecule has 0 radical (unpaired) electrons. The molecule has 5 heteroatoms. The molecule has 23 heavy (non-hydrogen) atoms. The van der Waals surface area contributed by atoms with E-state index in [1.54, 1.807) is 4.90 Å². The van der Waals surface area contributed by atoms with Gasteiger partial charge in [0, 0.05) is 38.3 Å². The van der Waals surface area contributed by atoms with E-state index in [9.17, 15) is 9.59 Å². The molecule has 0 aromatic heterocycles. The molecule has 1 aliphatic rings. The smallest absolute Gasteiger partial charge is 0.317 e. The number of urea groups is 1. The van der Waals surface area contributed by atoms with Gasteiger partial charge < -0.3 is 15.1 Å². The van der Waals surface area contributed by atoms with Crippen LogP contribution in [0.15, 0.2) is 12.1 Å². The highest BCUT2D eigenvalue weighted by Gasteiger charge is 2.25. The summed E-state index contributed by atoms with van der Waals surface area (Å²) in [5.74, 6) is 0.0687. The van der Waals surface area contributed by atoms with Crippen molar-refractivity contribution in [1.82, 2.24) is 15.1 Å². The fourth-order valence-electron chi connectivity index (χ4n) is 2.82. The third-order valence-electron chi connectivity index (χ3n) is 4.45. The lowest BCUT2D eigenvalue weighted by Crippen LogP contribution is -2.53. The second-order valence-corrected chi connectivity index (χ2v) is 6.26. The topological polar surface area (TPSA) is 52.7 Å². The maximum absolute atomic E-state index is 12.7. The maximum atomic E-state index is 12.7. The first-order chi connectivity index (χ1) is 10.9. The molecule has 5 nitrogen and oxygen atoms in total. The van der Waals surface area contributed by atoms with Crippen LogP contribution in [0, 0.1) is 20.8 Å². The number of aryl methyl sites for hydroxylation is 3. The van der Waals surface area contributed by atoms with E-state index in [0.29, 0.717) is 32.7 Å². The van der Waals surface area contributed by atoms with Gasteiger partial charge in [0.15, 0.2) is 0 Å². The van der Waals surface area contributed by atoms with Crippen LogP contribution < -0.4 is 5.32 Å². The fourth-order valence-corrected chi connectivity index (χ4v) is 2.82. The van der Waals surface area contributed by atoms with Gasteiger partial charge in [-0.3, -0.25) is 4.79 Å². The molecule has 2 rings (SSSR count). The number of benzene rings is 1. The summed E-state index contributed by atoms with van der Waals surface area (Å²) in [7, 11) is 0.